The standard InChI is InChI=1S/C21H12N4O/c1-2-8-22-16(7-1)14-6-3-5-13-15-11-17-18(12-19(15)26-20(13)14)25-10-4-9-23-21(25)24-17/h1-12H. The molecule has 6 rings (SSSR count). The molecule has 122 valence electrons. The molecule has 5 heteroatoms. The van der Waals surface area contributed by atoms with Crippen LogP contribution in [-0.4, -0.2) is 19.4 Å². The number of imidazole rings is 1. The fourth-order valence-corrected chi connectivity index (χ4v) is 3.57. The molecule has 4 aromatic heterocycles. The number of para-hydroxylation sites is 1. The van der Waals surface area contributed by atoms with E-state index in [1.165, 1.54) is 0 Å². The maximum absolute atomic E-state index is 6.26. The van der Waals surface area contributed by atoms with Crippen molar-refractivity contribution in [2.75, 3.05) is 0 Å². The van der Waals surface area contributed by atoms with E-state index < -0.39 is 0 Å². The Morgan fingerprint density at radius 1 is 0.846 bits per heavy atom. The zero-order valence-electron chi connectivity index (χ0n) is 13.6. The molecule has 0 saturated heterocycles. The van der Waals surface area contributed by atoms with Crippen LogP contribution in [0.1, 0.15) is 0 Å². The lowest BCUT2D eigenvalue weighted by molar-refractivity contribution is 0.670. The van der Waals surface area contributed by atoms with Crippen molar-refractivity contribution in [3.05, 3.63) is 73.2 Å². The molecule has 0 N–H and O–H groups in total. The van der Waals surface area contributed by atoms with Crippen LogP contribution in [0.2, 0.25) is 0 Å². The summed E-state index contributed by atoms with van der Waals surface area (Å²) in [5.41, 5.74) is 5.47. The maximum Gasteiger partial charge on any atom is 0.234 e. The summed E-state index contributed by atoms with van der Waals surface area (Å²) in [6.45, 7) is 0. The van der Waals surface area contributed by atoms with E-state index in [1.807, 2.05) is 53.1 Å². The van der Waals surface area contributed by atoms with Gasteiger partial charge in [-0.1, -0.05) is 18.2 Å². The molecule has 0 aliphatic carbocycles. The molecule has 2 aromatic carbocycles. The fourth-order valence-electron chi connectivity index (χ4n) is 3.57. The van der Waals surface area contributed by atoms with Crippen molar-refractivity contribution in [1.82, 2.24) is 19.4 Å². The molecule has 5 nitrogen and oxygen atoms in total. The largest absolute Gasteiger partial charge is 0.455 e. The number of pyridine rings is 1. The molecule has 0 aliphatic rings. The van der Waals surface area contributed by atoms with E-state index in [0.717, 1.165) is 44.2 Å². The average molecular weight is 336 g/mol. The third-order valence-corrected chi connectivity index (χ3v) is 4.74. The Bertz CT molecular complexity index is 1430. The Balaban J connectivity index is 1.73. The van der Waals surface area contributed by atoms with Gasteiger partial charge in [0.1, 0.15) is 11.2 Å². The number of benzene rings is 2. The number of rotatable bonds is 1. The van der Waals surface area contributed by atoms with Gasteiger partial charge in [-0.15, -0.1) is 0 Å². The summed E-state index contributed by atoms with van der Waals surface area (Å²) in [7, 11) is 0. The lowest BCUT2D eigenvalue weighted by Crippen LogP contribution is -1.84. The quantitative estimate of drug-likeness (QED) is 0.431. The van der Waals surface area contributed by atoms with Crippen LogP contribution >= 0.6 is 0 Å². The molecule has 26 heavy (non-hydrogen) atoms. The highest BCUT2D eigenvalue weighted by molar-refractivity contribution is 6.12. The van der Waals surface area contributed by atoms with Gasteiger partial charge < -0.3 is 4.42 Å². The normalized spacial score (nSPS) is 11.8. The Morgan fingerprint density at radius 2 is 1.81 bits per heavy atom. The van der Waals surface area contributed by atoms with E-state index in [0.29, 0.717) is 5.78 Å². The van der Waals surface area contributed by atoms with E-state index >= 15 is 0 Å². The van der Waals surface area contributed by atoms with Crippen molar-refractivity contribution in [2.24, 2.45) is 0 Å². The minimum Gasteiger partial charge on any atom is -0.455 e. The molecular weight excluding hydrogens is 324 g/mol. The third-order valence-electron chi connectivity index (χ3n) is 4.74. The van der Waals surface area contributed by atoms with Gasteiger partial charge in [0.2, 0.25) is 5.78 Å². The van der Waals surface area contributed by atoms with E-state index in [-0.39, 0.29) is 0 Å². The molecule has 0 bridgehead atoms. The van der Waals surface area contributed by atoms with E-state index in [1.54, 1.807) is 12.4 Å². The zero-order valence-corrected chi connectivity index (χ0v) is 13.6. The molecule has 0 atom stereocenters. The maximum atomic E-state index is 6.26. The molecule has 0 saturated carbocycles. The lowest BCUT2D eigenvalue weighted by atomic mass is 10.1. The predicted octanol–water partition coefficient (Wildman–Crippen LogP) is 4.84. The monoisotopic (exact) mass is 336 g/mol. The molecule has 0 aliphatic heterocycles. The summed E-state index contributed by atoms with van der Waals surface area (Å²) >= 11 is 0. The second-order valence-electron chi connectivity index (χ2n) is 6.24. The van der Waals surface area contributed by atoms with Crippen LogP contribution in [0.25, 0.3) is 50.0 Å². The number of aromatic nitrogens is 4. The fraction of sp³-hybridized carbons (Fsp3) is 0. The summed E-state index contributed by atoms with van der Waals surface area (Å²) in [4.78, 5) is 13.4. The molecule has 0 amide bonds. The highest BCUT2D eigenvalue weighted by Gasteiger charge is 2.15. The van der Waals surface area contributed by atoms with Crippen LogP contribution < -0.4 is 0 Å². The molecule has 0 spiro atoms. The van der Waals surface area contributed by atoms with Gasteiger partial charge in [0, 0.05) is 41.0 Å². The third kappa shape index (κ3) is 1.77. The van der Waals surface area contributed by atoms with E-state index in [9.17, 15) is 0 Å². The first-order valence-electron chi connectivity index (χ1n) is 8.38. The molecular formula is C21H12N4O. The minimum atomic E-state index is 0.689. The Labute approximate surface area is 147 Å². The number of nitrogens with zero attached hydrogens (tertiary/aromatic N) is 4. The van der Waals surface area contributed by atoms with E-state index in [4.69, 9.17) is 4.42 Å². The van der Waals surface area contributed by atoms with Gasteiger partial charge in [-0.25, -0.2) is 9.97 Å². The minimum absolute atomic E-state index is 0.689. The van der Waals surface area contributed by atoms with Crippen LogP contribution in [0.15, 0.2) is 77.6 Å². The highest BCUT2D eigenvalue weighted by Crippen LogP contribution is 2.36. The Kier molecular flexibility index (Phi) is 2.55. The van der Waals surface area contributed by atoms with Gasteiger partial charge in [0.25, 0.3) is 0 Å². The van der Waals surface area contributed by atoms with Crippen LogP contribution in [0, 0.1) is 0 Å². The SMILES string of the molecule is c1ccc(-c2cccc3c2oc2cc4c(cc23)nc2ncccn24)nc1. The van der Waals surface area contributed by atoms with Gasteiger partial charge in [-0.05, 0) is 30.3 Å². The van der Waals surface area contributed by atoms with Crippen LogP contribution in [0.5, 0.6) is 0 Å². The first-order chi connectivity index (χ1) is 12.9. The number of fused-ring (bicyclic) bond motifs is 6. The number of furan rings is 1. The second kappa shape index (κ2) is 4.89. The second-order valence-corrected chi connectivity index (χ2v) is 6.24. The highest BCUT2D eigenvalue weighted by atomic mass is 16.3. The first kappa shape index (κ1) is 13.5. The smallest absolute Gasteiger partial charge is 0.234 e. The topological polar surface area (TPSA) is 56.2 Å². The van der Waals surface area contributed by atoms with Gasteiger partial charge in [0.15, 0.2) is 0 Å². The Morgan fingerprint density at radius 3 is 2.73 bits per heavy atom. The average Bonchev–Trinajstić information content (AvgIpc) is 3.24. The summed E-state index contributed by atoms with van der Waals surface area (Å²) in [5.74, 6) is 0.689. The molecule has 6 aromatic rings. The van der Waals surface area contributed by atoms with Crippen LogP contribution in [-0.2, 0) is 0 Å². The van der Waals surface area contributed by atoms with Crippen molar-refractivity contribution >= 4 is 38.7 Å². The zero-order chi connectivity index (χ0) is 17.1. The Hall–Kier alpha value is -3.73. The molecule has 0 radical (unpaired) electrons. The molecule has 0 unspecified atom stereocenters. The number of hydrogen-bond acceptors (Lipinski definition) is 4. The van der Waals surface area contributed by atoms with Crippen LogP contribution in [0.3, 0.4) is 0 Å². The van der Waals surface area contributed by atoms with Gasteiger partial charge >= 0.3 is 0 Å². The van der Waals surface area contributed by atoms with Crippen molar-refractivity contribution in [1.29, 1.82) is 0 Å². The van der Waals surface area contributed by atoms with Crippen molar-refractivity contribution < 1.29 is 4.42 Å². The van der Waals surface area contributed by atoms with Gasteiger partial charge in [-0.2, -0.15) is 0 Å². The van der Waals surface area contributed by atoms with Crippen molar-refractivity contribution in [3.8, 4) is 11.3 Å². The van der Waals surface area contributed by atoms with Gasteiger partial charge in [0.05, 0.1) is 16.7 Å². The summed E-state index contributed by atoms with van der Waals surface area (Å²) in [5, 5.41) is 2.11. The molecule has 0 fully saturated rings. The van der Waals surface area contributed by atoms with Gasteiger partial charge in [-0.3, -0.25) is 9.38 Å². The van der Waals surface area contributed by atoms with Crippen molar-refractivity contribution in [2.45, 2.75) is 0 Å². The summed E-state index contributed by atoms with van der Waals surface area (Å²) < 4.78 is 8.24. The summed E-state index contributed by atoms with van der Waals surface area (Å²) in [6.07, 6.45) is 5.51. The van der Waals surface area contributed by atoms with Crippen LogP contribution in [0.4, 0.5) is 0 Å². The van der Waals surface area contributed by atoms with E-state index in [2.05, 4.69) is 27.1 Å². The predicted molar refractivity (Wildman–Crippen MR) is 101 cm³/mol. The first-order valence-corrected chi connectivity index (χ1v) is 8.38. The number of hydrogen-bond donors (Lipinski definition) is 0. The lowest BCUT2D eigenvalue weighted by Gasteiger charge is -2.00. The molecule has 4 heterocycles. The summed E-state index contributed by atoms with van der Waals surface area (Å²) in [6, 6.07) is 18.1. The van der Waals surface area contributed by atoms with Crippen molar-refractivity contribution in [3.63, 3.8) is 0 Å².